The minimum atomic E-state index is -0.690. The standard InChI is InChI=1S/C13H12BrClN2O4/c14-9-2-3-11(10(15)6-9)20-8-13(19)21-7-12(18)17-5-1-4-16/h2-3,6H,1,5,7-8H2,(H,17,18). The predicted octanol–water partition coefficient (Wildman–Crippen LogP) is 2.05. The zero-order valence-electron chi connectivity index (χ0n) is 10.9. The van der Waals surface area contributed by atoms with Crippen LogP contribution in [0.5, 0.6) is 5.75 Å². The lowest BCUT2D eigenvalue weighted by molar-refractivity contribution is -0.150. The van der Waals surface area contributed by atoms with Crippen molar-refractivity contribution in [2.75, 3.05) is 19.8 Å². The maximum absolute atomic E-state index is 11.4. The van der Waals surface area contributed by atoms with Gasteiger partial charge in [-0.15, -0.1) is 0 Å². The quantitative estimate of drug-likeness (QED) is 0.582. The molecule has 1 N–H and O–H groups in total. The van der Waals surface area contributed by atoms with Crippen LogP contribution in [-0.4, -0.2) is 31.6 Å². The Morgan fingerprint density at radius 2 is 2.14 bits per heavy atom. The molecule has 0 aliphatic rings. The van der Waals surface area contributed by atoms with E-state index in [0.717, 1.165) is 4.47 Å². The summed E-state index contributed by atoms with van der Waals surface area (Å²) in [7, 11) is 0. The maximum Gasteiger partial charge on any atom is 0.344 e. The third kappa shape index (κ3) is 6.97. The summed E-state index contributed by atoms with van der Waals surface area (Å²) in [4.78, 5) is 22.6. The Morgan fingerprint density at radius 1 is 1.38 bits per heavy atom. The van der Waals surface area contributed by atoms with Crippen molar-refractivity contribution in [1.29, 1.82) is 5.26 Å². The molecule has 1 amide bonds. The van der Waals surface area contributed by atoms with Gasteiger partial charge < -0.3 is 14.8 Å². The Balaban J connectivity index is 2.28. The molecule has 0 aliphatic carbocycles. The van der Waals surface area contributed by atoms with Crippen molar-refractivity contribution >= 4 is 39.4 Å². The summed E-state index contributed by atoms with van der Waals surface area (Å²) < 4.78 is 10.7. The van der Waals surface area contributed by atoms with Crippen molar-refractivity contribution in [3.8, 4) is 11.8 Å². The molecule has 0 heterocycles. The molecule has 6 nitrogen and oxygen atoms in total. The van der Waals surface area contributed by atoms with Crippen LogP contribution in [0.15, 0.2) is 22.7 Å². The lowest BCUT2D eigenvalue weighted by Crippen LogP contribution is -2.30. The highest BCUT2D eigenvalue weighted by Gasteiger charge is 2.09. The van der Waals surface area contributed by atoms with Crippen LogP contribution in [0.25, 0.3) is 0 Å². The summed E-state index contributed by atoms with van der Waals surface area (Å²) in [6.45, 7) is -0.549. The Kier molecular flexibility index (Phi) is 7.58. The van der Waals surface area contributed by atoms with E-state index in [-0.39, 0.29) is 19.6 Å². The molecule has 21 heavy (non-hydrogen) atoms. The number of ether oxygens (including phenoxy) is 2. The minimum Gasteiger partial charge on any atom is -0.480 e. The van der Waals surface area contributed by atoms with E-state index in [2.05, 4.69) is 21.2 Å². The first-order valence-electron chi connectivity index (χ1n) is 5.90. The first-order valence-corrected chi connectivity index (χ1v) is 7.07. The number of esters is 1. The molecule has 0 saturated carbocycles. The van der Waals surface area contributed by atoms with Gasteiger partial charge in [0.25, 0.3) is 5.91 Å². The van der Waals surface area contributed by atoms with Gasteiger partial charge in [-0.05, 0) is 18.2 Å². The van der Waals surface area contributed by atoms with Crippen molar-refractivity contribution in [3.63, 3.8) is 0 Å². The van der Waals surface area contributed by atoms with Gasteiger partial charge in [0.2, 0.25) is 0 Å². The second-order valence-corrected chi connectivity index (χ2v) is 5.11. The molecule has 1 aromatic rings. The smallest absolute Gasteiger partial charge is 0.344 e. The number of halogens is 2. The van der Waals surface area contributed by atoms with Crippen LogP contribution >= 0.6 is 27.5 Å². The molecule has 0 aromatic heterocycles. The lowest BCUT2D eigenvalue weighted by atomic mass is 10.3. The van der Waals surface area contributed by atoms with Gasteiger partial charge in [-0.2, -0.15) is 5.26 Å². The molecule has 1 rings (SSSR count). The first-order chi connectivity index (χ1) is 10.0. The fraction of sp³-hybridized carbons (Fsp3) is 0.308. The SMILES string of the molecule is N#CCCNC(=O)COC(=O)COc1ccc(Br)cc1Cl. The Labute approximate surface area is 135 Å². The number of nitrogens with one attached hydrogen (secondary N) is 1. The minimum absolute atomic E-state index is 0.199. The molecule has 0 saturated heterocycles. The number of nitriles is 1. The van der Waals surface area contributed by atoms with Gasteiger partial charge in [-0.25, -0.2) is 4.79 Å². The van der Waals surface area contributed by atoms with Gasteiger partial charge >= 0.3 is 5.97 Å². The Bertz CT molecular complexity index is 560. The van der Waals surface area contributed by atoms with Crippen LogP contribution in [0.2, 0.25) is 5.02 Å². The largest absolute Gasteiger partial charge is 0.480 e. The highest BCUT2D eigenvalue weighted by atomic mass is 79.9. The number of amides is 1. The highest BCUT2D eigenvalue weighted by Crippen LogP contribution is 2.27. The molecule has 0 aliphatic heterocycles. The summed E-state index contributed by atoms with van der Waals surface area (Å²) in [5.41, 5.74) is 0. The van der Waals surface area contributed by atoms with Crippen LogP contribution in [-0.2, 0) is 14.3 Å². The first kappa shape index (κ1) is 17.3. The number of hydrogen-bond donors (Lipinski definition) is 1. The van der Waals surface area contributed by atoms with E-state index in [9.17, 15) is 9.59 Å². The third-order valence-electron chi connectivity index (χ3n) is 2.16. The fourth-order valence-corrected chi connectivity index (χ4v) is 1.95. The fourth-order valence-electron chi connectivity index (χ4n) is 1.23. The molecular weight excluding hydrogens is 364 g/mol. The van der Waals surface area contributed by atoms with Gasteiger partial charge in [0.05, 0.1) is 17.5 Å². The summed E-state index contributed by atoms with van der Waals surface area (Å²) >= 11 is 9.16. The monoisotopic (exact) mass is 374 g/mol. The van der Waals surface area contributed by atoms with Crippen LogP contribution in [0.3, 0.4) is 0 Å². The molecule has 0 bridgehead atoms. The van der Waals surface area contributed by atoms with Crippen molar-refractivity contribution < 1.29 is 19.1 Å². The Morgan fingerprint density at radius 3 is 2.81 bits per heavy atom. The van der Waals surface area contributed by atoms with E-state index in [1.165, 1.54) is 0 Å². The molecule has 0 atom stereocenters. The van der Waals surface area contributed by atoms with Crippen molar-refractivity contribution in [2.45, 2.75) is 6.42 Å². The molecule has 0 unspecified atom stereocenters. The maximum atomic E-state index is 11.4. The summed E-state index contributed by atoms with van der Waals surface area (Å²) in [6.07, 6.45) is 0.199. The van der Waals surface area contributed by atoms with Crippen molar-refractivity contribution in [2.24, 2.45) is 0 Å². The normalized spacial score (nSPS) is 9.57. The number of carbonyl (C=O) groups excluding carboxylic acids is 2. The van der Waals surface area contributed by atoms with Crippen LogP contribution < -0.4 is 10.1 Å². The van der Waals surface area contributed by atoms with E-state index in [1.54, 1.807) is 18.2 Å². The molecule has 112 valence electrons. The van der Waals surface area contributed by atoms with Crippen molar-refractivity contribution in [3.05, 3.63) is 27.7 Å². The van der Waals surface area contributed by atoms with E-state index in [1.807, 2.05) is 6.07 Å². The number of hydrogen-bond acceptors (Lipinski definition) is 5. The van der Waals surface area contributed by atoms with Crippen LogP contribution in [0.1, 0.15) is 6.42 Å². The second kappa shape index (κ2) is 9.21. The van der Waals surface area contributed by atoms with Gasteiger partial charge in [-0.3, -0.25) is 4.79 Å². The molecule has 8 heteroatoms. The van der Waals surface area contributed by atoms with Gasteiger partial charge in [0.1, 0.15) is 5.75 Å². The molecule has 0 spiro atoms. The van der Waals surface area contributed by atoms with E-state index >= 15 is 0 Å². The lowest BCUT2D eigenvalue weighted by Gasteiger charge is -2.08. The molecule has 1 aromatic carbocycles. The summed E-state index contributed by atoms with van der Waals surface area (Å²) in [5, 5.41) is 11.1. The van der Waals surface area contributed by atoms with Crippen LogP contribution in [0, 0.1) is 11.3 Å². The molecule has 0 radical (unpaired) electrons. The topological polar surface area (TPSA) is 88.4 Å². The zero-order valence-corrected chi connectivity index (χ0v) is 13.2. The van der Waals surface area contributed by atoms with Gasteiger partial charge in [-0.1, -0.05) is 27.5 Å². The van der Waals surface area contributed by atoms with E-state index in [4.69, 9.17) is 26.3 Å². The van der Waals surface area contributed by atoms with E-state index < -0.39 is 18.5 Å². The average Bonchev–Trinajstić information content (AvgIpc) is 2.44. The van der Waals surface area contributed by atoms with E-state index in [0.29, 0.717) is 10.8 Å². The average molecular weight is 376 g/mol. The van der Waals surface area contributed by atoms with Gasteiger partial charge in [0, 0.05) is 11.0 Å². The zero-order chi connectivity index (χ0) is 15.7. The highest BCUT2D eigenvalue weighted by molar-refractivity contribution is 9.10. The number of benzene rings is 1. The summed E-state index contributed by atoms with van der Waals surface area (Å²) in [6, 6.07) is 6.83. The van der Waals surface area contributed by atoms with Gasteiger partial charge in [0.15, 0.2) is 13.2 Å². The molecular formula is C13H12BrClN2O4. The number of nitrogens with zero attached hydrogens (tertiary/aromatic N) is 1. The molecule has 0 fully saturated rings. The predicted molar refractivity (Wildman–Crippen MR) is 78.8 cm³/mol. The van der Waals surface area contributed by atoms with Crippen molar-refractivity contribution in [1.82, 2.24) is 5.32 Å². The number of carbonyl (C=O) groups is 2. The second-order valence-electron chi connectivity index (χ2n) is 3.78. The van der Waals surface area contributed by atoms with Crippen LogP contribution in [0.4, 0.5) is 0 Å². The third-order valence-corrected chi connectivity index (χ3v) is 2.95. The Hall–Kier alpha value is -1.78. The summed E-state index contributed by atoms with van der Waals surface area (Å²) in [5.74, 6) is -0.819. The number of rotatable bonds is 7.